The molecule has 1 fully saturated rings. The molecule has 8 nitrogen and oxygen atoms in total. The summed E-state index contributed by atoms with van der Waals surface area (Å²) in [7, 11) is 3.38. The molecule has 0 amide bonds. The molecule has 1 aromatic heterocycles. The van der Waals surface area contributed by atoms with Crippen LogP contribution in [-0.2, 0) is 0 Å². The summed E-state index contributed by atoms with van der Waals surface area (Å²) >= 11 is 0. The number of aliphatic hydroxyl groups excluding tert-OH is 1. The molecule has 0 aliphatic heterocycles. The van der Waals surface area contributed by atoms with Gasteiger partial charge in [-0.15, -0.1) is 0 Å². The van der Waals surface area contributed by atoms with Crippen LogP contribution in [0.4, 0.5) is 11.9 Å². The van der Waals surface area contributed by atoms with E-state index in [4.69, 9.17) is 10.6 Å². The normalized spacial score (nSPS) is 22.2. The van der Waals surface area contributed by atoms with Crippen LogP contribution in [0.15, 0.2) is 0 Å². The van der Waals surface area contributed by atoms with Crippen LogP contribution in [0.2, 0.25) is 0 Å². The van der Waals surface area contributed by atoms with Crippen LogP contribution < -0.4 is 20.9 Å². The maximum Gasteiger partial charge on any atom is 0.322 e. The quantitative estimate of drug-likeness (QED) is 0.471. The first-order valence-electron chi connectivity index (χ1n) is 5.78. The molecule has 2 rings (SSSR count). The zero-order valence-electron chi connectivity index (χ0n) is 10.5. The van der Waals surface area contributed by atoms with Gasteiger partial charge in [0, 0.05) is 13.6 Å². The largest absolute Gasteiger partial charge is 0.467 e. The molecule has 1 aliphatic carbocycles. The van der Waals surface area contributed by atoms with E-state index in [2.05, 4.69) is 20.4 Å². The molecule has 100 valence electrons. The zero-order valence-corrected chi connectivity index (χ0v) is 10.5. The van der Waals surface area contributed by atoms with Crippen molar-refractivity contribution in [2.45, 2.75) is 18.9 Å². The van der Waals surface area contributed by atoms with Crippen molar-refractivity contribution in [3.63, 3.8) is 0 Å². The van der Waals surface area contributed by atoms with Crippen LogP contribution in [0.25, 0.3) is 0 Å². The number of nitrogen functional groups attached to an aromatic ring is 1. The second-order valence-corrected chi connectivity index (χ2v) is 4.46. The molecule has 4 N–H and O–H groups in total. The second-order valence-electron chi connectivity index (χ2n) is 4.46. The van der Waals surface area contributed by atoms with Crippen LogP contribution in [0.5, 0.6) is 6.01 Å². The minimum Gasteiger partial charge on any atom is -0.467 e. The summed E-state index contributed by atoms with van der Waals surface area (Å²) in [6, 6.07) is 0.216. The van der Waals surface area contributed by atoms with Gasteiger partial charge in [-0.2, -0.15) is 15.0 Å². The molecular formula is C10H18N6O2. The van der Waals surface area contributed by atoms with E-state index in [1.165, 1.54) is 7.11 Å². The molecule has 0 spiro atoms. The summed E-state index contributed by atoms with van der Waals surface area (Å²) in [6.07, 6.45) is 1.50. The highest BCUT2D eigenvalue weighted by molar-refractivity contribution is 5.37. The fraction of sp³-hybridized carbons (Fsp3) is 0.700. The molecule has 1 heterocycles. The van der Waals surface area contributed by atoms with Crippen molar-refractivity contribution in [2.24, 2.45) is 11.8 Å². The van der Waals surface area contributed by atoms with Gasteiger partial charge in [0.25, 0.3) is 0 Å². The van der Waals surface area contributed by atoms with Crippen LogP contribution in [0, 0.1) is 5.92 Å². The summed E-state index contributed by atoms with van der Waals surface area (Å²) in [5.41, 5.74) is 2.38. The van der Waals surface area contributed by atoms with E-state index in [-0.39, 0.29) is 18.1 Å². The number of ether oxygens (including phenoxy) is 1. The van der Waals surface area contributed by atoms with Gasteiger partial charge in [-0.3, -0.25) is 5.43 Å². The highest BCUT2D eigenvalue weighted by Crippen LogP contribution is 2.28. The molecule has 0 radical (unpaired) electrons. The Morgan fingerprint density at radius 1 is 1.44 bits per heavy atom. The van der Waals surface area contributed by atoms with Crippen molar-refractivity contribution in [3.8, 4) is 6.01 Å². The highest BCUT2D eigenvalue weighted by Gasteiger charge is 2.28. The van der Waals surface area contributed by atoms with Gasteiger partial charge in [-0.05, 0) is 18.8 Å². The van der Waals surface area contributed by atoms with Gasteiger partial charge >= 0.3 is 6.01 Å². The van der Waals surface area contributed by atoms with Crippen LogP contribution in [-0.4, -0.2) is 46.9 Å². The van der Waals surface area contributed by atoms with E-state index in [1.54, 1.807) is 0 Å². The number of nitrogens with one attached hydrogen (secondary N) is 1. The zero-order chi connectivity index (χ0) is 13.1. The molecule has 0 bridgehead atoms. The first kappa shape index (κ1) is 12.8. The summed E-state index contributed by atoms with van der Waals surface area (Å²) < 4.78 is 4.99. The van der Waals surface area contributed by atoms with Gasteiger partial charge in [0.2, 0.25) is 11.9 Å². The van der Waals surface area contributed by atoms with Gasteiger partial charge in [0.1, 0.15) is 0 Å². The van der Waals surface area contributed by atoms with Gasteiger partial charge < -0.3 is 14.7 Å². The predicted octanol–water partition coefficient (Wildman–Crippen LogP) is -0.627. The van der Waals surface area contributed by atoms with E-state index >= 15 is 0 Å². The number of rotatable bonds is 5. The van der Waals surface area contributed by atoms with E-state index < -0.39 is 0 Å². The summed E-state index contributed by atoms with van der Waals surface area (Å²) in [5.74, 6) is 6.52. The van der Waals surface area contributed by atoms with Gasteiger partial charge in [-0.1, -0.05) is 0 Å². The Morgan fingerprint density at radius 3 is 2.72 bits per heavy atom. The number of aliphatic hydroxyl groups is 1. The predicted molar refractivity (Wildman–Crippen MR) is 66.2 cm³/mol. The minimum atomic E-state index is -0.155. The smallest absolute Gasteiger partial charge is 0.322 e. The maximum absolute atomic E-state index is 9.26. The van der Waals surface area contributed by atoms with Crippen molar-refractivity contribution in [3.05, 3.63) is 0 Å². The summed E-state index contributed by atoms with van der Waals surface area (Å²) in [5, 5.41) is 9.26. The lowest BCUT2D eigenvalue weighted by molar-refractivity contribution is 0.0463. The van der Waals surface area contributed by atoms with Crippen LogP contribution >= 0.6 is 0 Å². The lowest BCUT2D eigenvalue weighted by Gasteiger charge is -2.34. The number of hydrazine groups is 1. The summed E-state index contributed by atoms with van der Waals surface area (Å²) in [4.78, 5) is 14.1. The maximum atomic E-state index is 9.26. The van der Waals surface area contributed by atoms with Gasteiger partial charge in [0.05, 0.1) is 13.2 Å². The lowest BCUT2D eigenvalue weighted by atomic mass is 9.82. The third-order valence-electron chi connectivity index (χ3n) is 3.00. The Hall–Kier alpha value is -1.67. The molecule has 1 saturated carbocycles. The molecule has 1 aromatic rings. The van der Waals surface area contributed by atoms with Crippen molar-refractivity contribution < 1.29 is 9.84 Å². The van der Waals surface area contributed by atoms with E-state index in [0.717, 1.165) is 19.4 Å². The molecule has 18 heavy (non-hydrogen) atoms. The molecule has 1 aliphatic rings. The number of anilines is 2. The Balaban J connectivity index is 2.06. The minimum absolute atomic E-state index is 0.155. The number of hydrogen-bond acceptors (Lipinski definition) is 8. The van der Waals surface area contributed by atoms with Crippen molar-refractivity contribution in [2.75, 3.05) is 31.0 Å². The van der Waals surface area contributed by atoms with Crippen LogP contribution in [0.3, 0.4) is 0 Å². The second kappa shape index (κ2) is 5.32. The molecule has 0 aromatic carbocycles. The van der Waals surface area contributed by atoms with Gasteiger partial charge in [-0.25, -0.2) is 5.84 Å². The number of hydrogen-bond donors (Lipinski definition) is 3. The number of aromatic nitrogens is 3. The third kappa shape index (κ3) is 2.77. The SMILES string of the molecule is COc1nc(NN)nc(N(C)CC2CC(O)C2)n1. The molecule has 0 unspecified atom stereocenters. The van der Waals surface area contributed by atoms with Crippen molar-refractivity contribution in [1.29, 1.82) is 0 Å². The first-order valence-corrected chi connectivity index (χ1v) is 5.78. The first-order chi connectivity index (χ1) is 8.62. The Kier molecular flexibility index (Phi) is 3.78. The monoisotopic (exact) mass is 254 g/mol. The van der Waals surface area contributed by atoms with Crippen LogP contribution in [0.1, 0.15) is 12.8 Å². The number of nitrogens with zero attached hydrogens (tertiary/aromatic N) is 4. The molecule has 0 saturated heterocycles. The fourth-order valence-electron chi connectivity index (χ4n) is 1.99. The molecule has 8 heteroatoms. The fourth-order valence-corrected chi connectivity index (χ4v) is 1.99. The van der Waals surface area contributed by atoms with Gasteiger partial charge in [0.15, 0.2) is 0 Å². The van der Waals surface area contributed by atoms with Crippen molar-refractivity contribution >= 4 is 11.9 Å². The average molecular weight is 254 g/mol. The highest BCUT2D eigenvalue weighted by atomic mass is 16.5. The average Bonchev–Trinajstić information content (AvgIpc) is 2.36. The van der Waals surface area contributed by atoms with E-state index in [1.807, 2.05) is 11.9 Å². The Bertz CT molecular complexity index is 387. The van der Waals surface area contributed by atoms with E-state index in [9.17, 15) is 5.11 Å². The lowest BCUT2D eigenvalue weighted by Crippen LogP contribution is -2.37. The topological polar surface area (TPSA) is 109 Å². The Morgan fingerprint density at radius 2 is 2.17 bits per heavy atom. The molecular weight excluding hydrogens is 236 g/mol. The number of methoxy groups -OCH3 is 1. The standard InChI is InChI=1S/C10H18N6O2/c1-16(5-6-3-7(17)4-6)9-12-8(15-11)13-10(14-9)18-2/h6-7,17H,3-5,11H2,1-2H3,(H,12,13,14,15). The summed E-state index contributed by atoms with van der Waals surface area (Å²) in [6.45, 7) is 0.786. The third-order valence-corrected chi connectivity index (χ3v) is 3.00. The molecule has 0 atom stereocenters. The van der Waals surface area contributed by atoms with E-state index in [0.29, 0.717) is 11.9 Å². The number of nitrogens with two attached hydrogens (primary N) is 1. The van der Waals surface area contributed by atoms with Crippen molar-refractivity contribution in [1.82, 2.24) is 15.0 Å². The Labute approximate surface area is 105 Å².